The van der Waals surface area contributed by atoms with Crippen LogP contribution in [0.4, 0.5) is 0 Å². The number of hydrogen-bond acceptors (Lipinski definition) is 10. The van der Waals surface area contributed by atoms with Crippen molar-refractivity contribution in [2.75, 3.05) is 20.0 Å². The molecule has 4 aromatic rings. The van der Waals surface area contributed by atoms with Gasteiger partial charge in [-0.3, -0.25) is 4.79 Å². The molecule has 0 aliphatic carbocycles. The molecule has 1 unspecified atom stereocenters. The number of carbonyl (C=O) groups is 1. The average molecular weight is 497 g/mol. The summed E-state index contributed by atoms with van der Waals surface area (Å²) in [4.78, 5) is 14.2. The Bertz CT molecular complexity index is 1280. The molecule has 0 fully saturated rings. The molecule has 1 aliphatic heterocycles. The first-order valence-corrected chi connectivity index (χ1v) is 12.2. The second kappa shape index (κ2) is 9.74. The predicted octanol–water partition coefficient (Wildman–Crippen LogP) is 4.88. The number of carbonyl (C=O) groups excluding carboxylic acids is 1. The standard InChI is InChI=1S/C23H20N4O5S2/c1-29-15-9-14(10-16(11-15)30-2)22-24-25-23(32-22)34-13-21(28)27-18(20-6-4-8-33-20)12-17(26-27)19-5-3-7-31-19/h3-11,18H,12-13H2,1-2H3. The van der Waals surface area contributed by atoms with Crippen LogP contribution in [0.25, 0.3) is 11.5 Å². The molecule has 11 heteroatoms. The van der Waals surface area contributed by atoms with E-state index in [1.807, 2.05) is 29.6 Å². The van der Waals surface area contributed by atoms with Crippen LogP contribution >= 0.6 is 23.1 Å². The zero-order valence-corrected chi connectivity index (χ0v) is 20.0. The third kappa shape index (κ3) is 4.57. The molecule has 1 amide bonds. The number of methoxy groups -OCH3 is 2. The number of benzene rings is 1. The molecule has 3 aromatic heterocycles. The largest absolute Gasteiger partial charge is 0.497 e. The summed E-state index contributed by atoms with van der Waals surface area (Å²) in [5, 5.41) is 16.6. The Morgan fingerprint density at radius 3 is 2.68 bits per heavy atom. The summed E-state index contributed by atoms with van der Waals surface area (Å²) >= 11 is 2.76. The molecule has 0 bridgehead atoms. The summed E-state index contributed by atoms with van der Waals surface area (Å²) in [5.74, 6) is 2.13. The number of furan rings is 1. The Kier molecular flexibility index (Phi) is 6.37. The molecule has 34 heavy (non-hydrogen) atoms. The van der Waals surface area contributed by atoms with Crippen molar-refractivity contribution in [2.45, 2.75) is 17.7 Å². The van der Waals surface area contributed by atoms with Gasteiger partial charge in [0.05, 0.1) is 32.3 Å². The van der Waals surface area contributed by atoms with E-state index in [-0.39, 0.29) is 22.9 Å². The van der Waals surface area contributed by atoms with E-state index >= 15 is 0 Å². The molecule has 1 aromatic carbocycles. The lowest BCUT2D eigenvalue weighted by Gasteiger charge is -2.20. The minimum absolute atomic E-state index is 0.0971. The fraction of sp³-hybridized carbons (Fsp3) is 0.217. The Morgan fingerprint density at radius 1 is 1.18 bits per heavy atom. The fourth-order valence-electron chi connectivity index (χ4n) is 3.54. The zero-order valence-electron chi connectivity index (χ0n) is 18.3. The van der Waals surface area contributed by atoms with E-state index in [4.69, 9.17) is 18.3 Å². The zero-order chi connectivity index (χ0) is 23.5. The van der Waals surface area contributed by atoms with Crippen LogP contribution in [0.1, 0.15) is 23.1 Å². The lowest BCUT2D eigenvalue weighted by molar-refractivity contribution is -0.130. The summed E-state index contributed by atoms with van der Waals surface area (Å²) in [7, 11) is 3.14. The van der Waals surface area contributed by atoms with Gasteiger partial charge in [0.25, 0.3) is 11.1 Å². The maximum Gasteiger partial charge on any atom is 0.277 e. The number of nitrogens with zero attached hydrogens (tertiary/aromatic N) is 4. The first-order chi connectivity index (χ1) is 16.6. The Morgan fingerprint density at radius 2 is 2.00 bits per heavy atom. The maximum absolute atomic E-state index is 13.1. The van der Waals surface area contributed by atoms with Crippen molar-refractivity contribution in [1.29, 1.82) is 0 Å². The second-order valence-corrected chi connectivity index (χ2v) is 9.17. The highest BCUT2D eigenvalue weighted by molar-refractivity contribution is 7.99. The van der Waals surface area contributed by atoms with E-state index in [1.54, 1.807) is 50.0 Å². The van der Waals surface area contributed by atoms with Crippen LogP contribution in [-0.2, 0) is 4.79 Å². The Balaban J connectivity index is 1.30. The predicted molar refractivity (Wildman–Crippen MR) is 127 cm³/mol. The Hall–Kier alpha value is -3.57. The molecule has 9 nitrogen and oxygen atoms in total. The molecule has 0 N–H and O–H groups in total. The molecule has 4 heterocycles. The van der Waals surface area contributed by atoms with Gasteiger partial charge in [0.1, 0.15) is 23.0 Å². The number of hydrazone groups is 1. The van der Waals surface area contributed by atoms with Gasteiger partial charge in [-0.1, -0.05) is 17.8 Å². The molecule has 1 atom stereocenters. The third-order valence-corrected chi connectivity index (χ3v) is 6.94. The third-order valence-electron chi connectivity index (χ3n) is 5.17. The van der Waals surface area contributed by atoms with E-state index in [0.717, 1.165) is 10.6 Å². The van der Waals surface area contributed by atoms with Gasteiger partial charge >= 0.3 is 0 Å². The highest BCUT2D eigenvalue weighted by Crippen LogP contribution is 2.36. The van der Waals surface area contributed by atoms with Gasteiger partial charge in [-0.2, -0.15) is 5.10 Å². The second-order valence-electron chi connectivity index (χ2n) is 7.26. The summed E-state index contributed by atoms with van der Waals surface area (Å²) in [6.07, 6.45) is 2.19. The highest BCUT2D eigenvalue weighted by atomic mass is 32.2. The van der Waals surface area contributed by atoms with Crippen molar-refractivity contribution in [2.24, 2.45) is 5.10 Å². The monoisotopic (exact) mass is 496 g/mol. The molecular formula is C23H20N4O5S2. The number of thioether (sulfide) groups is 1. The first kappa shape index (κ1) is 22.2. The van der Waals surface area contributed by atoms with Crippen LogP contribution in [0, 0.1) is 0 Å². The molecule has 0 saturated heterocycles. The van der Waals surface area contributed by atoms with E-state index in [1.165, 1.54) is 16.8 Å². The van der Waals surface area contributed by atoms with E-state index in [9.17, 15) is 4.79 Å². The smallest absolute Gasteiger partial charge is 0.277 e. The van der Waals surface area contributed by atoms with E-state index in [2.05, 4.69) is 15.3 Å². The van der Waals surface area contributed by atoms with Gasteiger partial charge in [-0.15, -0.1) is 21.5 Å². The van der Waals surface area contributed by atoms with Gasteiger partial charge < -0.3 is 18.3 Å². The summed E-state index contributed by atoms with van der Waals surface area (Å²) in [6, 6.07) is 12.8. The number of amides is 1. The minimum atomic E-state index is -0.171. The molecule has 1 aliphatic rings. The van der Waals surface area contributed by atoms with Gasteiger partial charge in [0, 0.05) is 22.9 Å². The molecule has 0 spiro atoms. The van der Waals surface area contributed by atoms with Crippen LogP contribution in [-0.4, -0.2) is 46.8 Å². The summed E-state index contributed by atoms with van der Waals surface area (Å²) in [6.45, 7) is 0. The van der Waals surface area contributed by atoms with Crippen LogP contribution < -0.4 is 9.47 Å². The fourth-order valence-corrected chi connectivity index (χ4v) is 4.97. The van der Waals surface area contributed by atoms with Gasteiger partial charge in [-0.25, -0.2) is 5.01 Å². The number of hydrogen-bond donors (Lipinski definition) is 0. The van der Waals surface area contributed by atoms with Crippen molar-refractivity contribution >= 4 is 34.7 Å². The van der Waals surface area contributed by atoms with Crippen molar-refractivity contribution in [3.63, 3.8) is 0 Å². The quantitative estimate of drug-likeness (QED) is 0.318. The number of rotatable bonds is 8. The van der Waals surface area contributed by atoms with Crippen molar-refractivity contribution in [3.8, 4) is 23.0 Å². The first-order valence-electron chi connectivity index (χ1n) is 10.3. The molecule has 5 rings (SSSR count). The molecule has 174 valence electrons. The van der Waals surface area contributed by atoms with E-state index in [0.29, 0.717) is 35.1 Å². The van der Waals surface area contributed by atoms with Crippen LogP contribution in [0.15, 0.2) is 73.3 Å². The average Bonchev–Trinajstić information content (AvgIpc) is 3.68. The van der Waals surface area contributed by atoms with Crippen LogP contribution in [0.2, 0.25) is 0 Å². The topological polar surface area (TPSA) is 103 Å². The number of aromatic nitrogens is 2. The number of thiophene rings is 1. The van der Waals surface area contributed by atoms with Crippen molar-refractivity contribution in [3.05, 3.63) is 64.7 Å². The maximum atomic E-state index is 13.1. The van der Waals surface area contributed by atoms with Gasteiger partial charge in [0.2, 0.25) is 5.89 Å². The van der Waals surface area contributed by atoms with E-state index < -0.39 is 0 Å². The number of ether oxygens (including phenoxy) is 2. The lowest BCUT2D eigenvalue weighted by Crippen LogP contribution is -2.28. The molecular weight excluding hydrogens is 476 g/mol. The SMILES string of the molecule is COc1cc(OC)cc(-c2nnc(SCC(=O)N3N=C(c4ccco4)CC3c3cccs3)o2)c1. The van der Waals surface area contributed by atoms with Crippen molar-refractivity contribution in [1.82, 2.24) is 15.2 Å². The Labute approximate surface area is 203 Å². The van der Waals surface area contributed by atoms with Crippen LogP contribution in [0.3, 0.4) is 0 Å². The van der Waals surface area contributed by atoms with Gasteiger partial charge in [0.15, 0.2) is 0 Å². The highest BCUT2D eigenvalue weighted by Gasteiger charge is 2.34. The van der Waals surface area contributed by atoms with Crippen molar-refractivity contribution < 1.29 is 23.1 Å². The molecule has 0 radical (unpaired) electrons. The van der Waals surface area contributed by atoms with Gasteiger partial charge in [-0.05, 0) is 35.7 Å². The summed E-state index contributed by atoms with van der Waals surface area (Å²) in [5.41, 5.74) is 1.40. The normalized spacial score (nSPS) is 15.4. The summed E-state index contributed by atoms with van der Waals surface area (Å²) < 4.78 is 21.9. The molecule has 0 saturated carbocycles. The minimum Gasteiger partial charge on any atom is -0.497 e. The lowest BCUT2D eigenvalue weighted by atomic mass is 10.1. The van der Waals surface area contributed by atoms with Crippen LogP contribution in [0.5, 0.6) is 11.5 Å².